The van der Waals surface area contributed by atoms with Crippen molar-refractivity contribution < 1.29 is 23.6 Å². The standard InChI is InChI=1S/C19H25FN4O4/c1-24(2)17-15(18(25)22-11-19(26)7-4-8-21-10-19)16(28-23-17)12-5-6-13(20)14(9-12)27-3/h5-6,9,21,26H,4,7-8,10-11H2,1-3H3,(H,22,25). The molecule has 0 aliphatic carbocycles. The van der Waals surface area contributed by atoms with Gasteiger partial charge in [-0.15, -0.1) is 0 Å². The van der Waals surface area contributed by atoms with E-state index in [-0.39, 0.29) is 23.6 Å². The summed E-state index contributed by atoms with van der Waals surface area (Å²) in [6.07, 6.45) is 1.44. The number of β-amino-alcohol motifs (C(OH)–C–C–N with tert-alkyl or cyclic N) is 1. The molecule has 0 spiro atoms. The Morgan fingerprint density at radius 2 is 2.29 bits per heavy atom. The molecule has 3 N–H and O–H groups in total. The molecule has 1 aliphatic heterocycles. The Balaban J connectivity index is 1.90. The maximum Gasteiger partial charge on any atom is 0.259 e. The number of halogens is 1. The number of anilines is 1. The normalized spacial score (nSPS) is 19.3. The first-order valence-electron chi connectivity index (χ1n) is 9.07. The summed E-state index contributed by atoms with van der Waals surface area (Å²) < 4.78 is 24.2. The molecule has 1 saturated heterocycles. The number of nitrogens with zero attached hydrogens (tertiary/aromatic N) is 2. The second kappa shape index (κ2) is 8.15. The molecule has 1 aromatic heterocycles. The zero-order valence-electron chi connectivity index (χ0n) is 16.2. The average Bonchev–Trinajstić information content (AvgIpc) is 3.13. The van der Waals surface area contributed by atoms with E-state index in [2.05, 4.69) is 15.8 Å². The summed E-state index contributed by atoms with van der Waals surface area (Å²) in [7, 11) is 4.84. The number of piperidine rings is 1. The molecule has 9 heteroatoms. The van der Waals surface area contributed by atoms with Gasteiger partial charge in [0.2, 0.25) is 0 Å². The predicted molar refractivity (Wildman–Crippen MR) is 102 cm³/mol. The van der Waals surface area contributed by atoms with Gasteiger partial charge in [0.1, 0.15) is 5.56 Å². The summed E-state index contributed by atoms with van der Waals surface area (Å²) >= 11 is 0. The Morgan fingerprint density at radius 3 is 2.93 bits per heavy atom. The summed E-state index contributed by atoms with van der Waals surface area (Å²) in [6, 6.07) is 4.18. The smallest absolute Gasteiger partial charge is 0.259 e. The number of hydrogen-bond acceptors (Lipinski definition) is 7. The highest BCUT2D eigenvalue weighted by Gasteiger charge is 2.32. The first-order valence-corrected chi connectivity index (χ1v) is 9.07. The predicted octanol–water partition coefficient (Wildman–Crippen LogP) is 1.40. The third kappa shape index (κ3) is 4.10. The number of benzene rings is 1. The van der Waals surface area contributed by atoms with Gasteiger partial charge in [0.25, 0.3) is 5.91 Å². The van der Waals surface area contributed by atoms with Gasteiger partial charge in [0.05, 0.1) is 12.7 Å². The van der Waals surface area contributed by atoms with Crippen LogP contribution in [0.2, 0.25) is 0 Å². The molecule has 0 bridgehead atoms. The van der Waals surface area contributed by atoms with Crippen molar-refractivity contribution in [1.82, 2.24) is 15.8 Å². The summed E-state index contributed by atoms with van der Waals surface area (Å²) in [4.78, 5) is 14.6. The van der Waals surface area contributed by atoms with Crippen LogP contribution < -0.4 is 20.3 Å². The fourth-order valence-electron chi connectivity index (χ4n) is 3.23. The quantitative estimate of drug-likeness (QED) is 0.683. The fraction of sp³-hybridized carbons (Fsp3) is 0.474. The minimum absolute atomic E-state index is 0.0363. The van der Waals surface area contributed by atoms with E-state index in [9.17, 15) is 14.3 Å². The number of carbonyl (C=O) groups is 1. The van der Waals surface area contributed by atoms with Crippen LogP contribution in [0.25, 0.3) is 11.3 Å². The zero-order valence-corrected chi connectivity index (χ0v) is 16.2. The maximum absolute atomic E-state index is 13.8. The molecule has 3 rings (SSSR count). The molecule has 28 heavy (non-hydrogen) atoms. The van der Waals surface area contributed by atoms with Crippen LogP contribution in [0, 0.1) is 5.82 Å². The number of aromatic nitrogens is 1. The molecular formula is C19H25FN4O4. The minimum Gasteiger partial charge on any atom is -0.494 e. The van der Waals surface area contributed by atoms with Crippen molar-refractivity contribution >= 4 is 11.7 Å². The van der Waals surface area contributed by atoms with Gasteiger partial charge in [0.15, 0.2) is 23.1 Å². The molecule has 0 saturated carbocycles. The van der Waals surface area contributed by atoms with E-state index in [1.54, 1.807) is 19.0 Å². The highest BCUT2D eigenvalue weighted by molar-refractivity contribution is 6.04. The molecule has 0 radical (unpaired) electrons. The van der Waals surface area contributed by atoms with Crippen molar-refractivity contribution in [2.24, 2.45) is 0 Å². The van der Waals surface area contributed by atoms with E-state index in [1.165, 1.54) is 25.3 Å². The number of hydrogen-bond donors (Lipinski definition) is 3. The Labute approximate surface area is 162 Å². The molecule has 152 valence electrons. The van der Waals surface area contributed by atoms with Crippen LogP contribution in [-0.4, -0.2) is 62.6 Å². The van der Waals surface area contributed by atoms with E-state index >= 15 is 0 Å². The zero-order chi connectivity index (χ0) is 20.3. The van der Waals surface area contributed by atoms with Crippen molar-refractivity contribution in [2.75, 3.05) is 45.7 Å². The molecule has 1 atom stereocenters. The van der Waals surface area contributed by atoms with E-state index in [4.69, 9.17) is 9.26 Å². The number of aliphatic hydroxyl groups is 1. The van der Waals surface area contributed by atoms with Crippen molar-refractivity contribution in [3.63, 3.8) is 0 Å². The number of carbonyl (C=O) groups excluding carboxylic acids is 1. The van der Waals surface area contributed by atoms with Gasteiger partial charge in [-0.2, -0.15) is 0 Å². The Bertz CT molecular complexity index is 846. The van der Waals surface area contributed by atoms with E-state index in [1.807, 2.05) is 0 Å². The van der Waals surface area contributed by atoms with E-state index < -0.39 is 17.3 Å². The summed E-state index contributed by atoms with van der Waals surface area (Å²) in [6.45, 7) is 1.37. The lowest BCUT2D eigenvalue weighted by Gasteiger charge is -2.32. The van der Waals surface area contributed by atoms with Crippen LogP contribution in [0.4, 0.5) is 10.2 Å². The first kappa shape index (κ1) is 20.1. The Kier molecular flexibility index (Phi) is 5.85. The highest BCUT2D eigenvalue weighted by Crippen LogP contribution is 2.33. The van der Waals surface area contributed by atoms with Crippen LogP contribution in [0.3, 0.4) is 0 Å². The monoisotopic (exact) mass is 392 g/mol. The molecule has 1 aromatic carbocycles. The second-order valence-electron chi connectivity index (χ2n) is 7.14. The SMILES string of the molecule is COc1cc(-c2onc(N(C)C)c2C(=O)NCC2(O)CCCNC2)ccc1F. The van der Waals surface area contributed by atoms with Crippen LogP contribution in [0.15, 0.2) is 22.7 Å². The third-order valence-corrected chi connectivity index (χ3v) is 4.77. The number of ether oxygens (including phenoxy) is 1. The van der Waals surface area contributed by atoms with Gasteiger partial charge in [-0.3, -0.25) is 4.79 Å². The molecule has 2 aromatic rings. The first-order chi connectivity index (χ1) is 13.3. The number of amides is 1. The van der Waals surface area contributed by atoms with Gasteiger partial charge >= 0.3 is 0 Å². The molecule has 2 heterocycles. The van der Waals surface area contributed by atoms with Crippen molar-refractivity contribution in [3.05, 3.63) is 29.6 Å². The van der Waals surface area contributed by atoms with Gasteiger partial charge in [-0.1, -0.05) is 5.16 Å². The summed E-state index contributed by atoms with van der Waals surface area (Å²) in [5.74, 6) is -0.370. The van der Waals surface area contributed by atoms with Crippen molar-refractivity contribution in [1.29, 1.82) is 0 Å². The fourth-order valence-corrected chi connectivity index (χ4v) is 3.23. The van der Waals surface area contributed by atoms with E-state index in [0.717, 1.165) is 13.0 Å². The molecule has 1 fully saturated rings. The molecule has 1 aliphatic rings. The Morgan fingerprint density at radius 1 is 1.50 bits per heavy atom. The van der Waals surface area contributed by atoms with Crippen LogP contribution >= 0.6 is 0 Å². The lowest BCUT2D eigenvalue weighted by atomic mass is 9.94. The minimum atomic E-state index is -0.997. The molecule has 1 unspecified atom stereocenters. The average molecular weight is 392 g/mol. The van der Waals surface area contributed by atoms with Crippen molar-refractivity contribution in [2.45, 2.75) is 18.4 Å². The number of methoxy groups -OCH3 is 1. The van der Waals surface area contributed by atoms with Gasteiger partial charge < -0.3 is 29.9 Å². The Hall–Kier alpha value is -2.65. The van der Waals surface area contributed by atoms with Gasteiger partial charge in [-0.25, -0.2) is 4.39 Å². The van der Waals surface area contributed by atoms with Crippen LogP contribution in [-0.2, 0) is 0 Å². The summed E-state index contributed by atoms with van der Waals surface area (Å²) in [5.41, 5.74) is -0.323. The lowest BCUT2D eigenvalue weighted by Crippen LogP contribution is -2.52. The van der Waals surface area contributed by atoms with Crippen molar-refractivity contribution in [3.8, 4) is 17.1 Å². The largest absolute Gasteiger partial charge is 0.494 e. The third-order valence-electron chi connectivity index (χ3n) is 4.77. The number of nitrogens with one attached hydrogen (secondary N) is 2. The maximum atomic E-state index is 13.8. The summed E-state index contributed by atoms with van der Waals surface area (Å²) in [5, 5.41) is 20.5. The number of rotatable bonds is 6. The molecular weight excluding hydrogens is 367 g/mol. The molecule has 1 amide bonds. The second-order valence-corrected chi connectivity index (χ2v) is 7.14. The molecule has 8 nitrogen and oxygen atoms in total. The van der Waals surface area contributed by atoms with E-state index in [0.29, 0.717) is 24.3 Å². The van der Waals surface area contributed by atoms with Crippen LogP contribution in [0.1, 0.15) is 23.2 Å². The van der Waals surface area contributed by atoms with Crippen LogP contribution in [0.5, 0.6) is 5.75 Å². The highest BCUT2D eigenvalue weighted by atomic mass is 19.1. The topological polar surface area (TPSA) is 99.9 Å². The van der Waals surface area contributed by atoms with Gasteiger partial charge in [0, 0.05) is 32.7 Å². The lowest BCUT2D eigenvalue weighted by molar-refractivity contribution is 0.0170. The van der Waals surface area contributed by atoms with Gasteiger partial charge in [-0.05, 0) is 37.6 Å².